The number of hydrogen-bond acceptors (Lipinski definition) is 2. The molecule has 58 valence electrons. The zero-order valence-electron chi connectivity index (χ0n) is 5.81. The maximum absolute atomic E-state index is 8.62. The molecule has 4 heteroatoms. The maximum Gasteiger partial charge on any atom is 0.102 e. The molecule has 0 aliphatic heterocycles. The van der Waals surface area contributed by atoms with Crippen molar-refractivity contribution in [2.24, 2.45) is 0 Å². The lowest BCUT2D eigenvalue weighted by Crippen LogP contribution is -1.84. The lowest BCUT2D eigenvalue weighted by Gasteiger charge is -1.97. The van der Waals surface area contributed by atoms with Crippen LogP contribution in [0.4, 0.5) is 0 Å². The second kappa shape index (κ2) is 3.58. The monoisotopic (exact) mass is 240 g/mol. The SMILES string of the molecule is N#Cc1cc(Br)cc(Cl)c1C#N. The first kappa shape index (κ1) is 9.06. The molecule has 0 N–H and O–H groups in total. The Morgan fingerprint density at radius 1 is 1.25 bits per heavy atom. The van der Waals surface area contributed by atoms with Crippen molar-refractivity contribution in [1.82, 2.24) is 0 Å². The first-order chi connectivity index (χ1) is 5.69. The number of halogens is 2. The van der Waals surface area contributed by atoms with Crippen LogP contribution in [0.1, 0.15) is 11.1 Å². The van der Waals surface area contributed by atoms with Crippen molar-refractivity contribution in [1.29, 1.82) is 10.5 Å². The van der Waals surface area contributed by atoms with Gasteiger partial charge < -0.3 is 0 Å². The van der Waals surface area contributed by atoms with Gasteiger partial charge in [-0.15, -0.1) is 0 Å². The topological polar surface area (TPSA) is 47.6 Å². The van der Waals surface area contributed by atoms with Crippen LogP contribution in [0.25, 0.3) is 0 Å². The third-order valence-corrected chi connectivity index (χ3v) is 2.04. The van der Waals surface area contributed by atoms with E-state index in [9.17, 15) is 0 Å². The molecule has 0 saturated carbocycles. The van der Waals surface area contributed by atoms with Crippen molar-refractivity contribution in [2.45, 2.75) is 0 Å². The molecule has 0 aliphatic rings. The molecule has 0 unspecified atom stereocenters. The predicted molar refractivity (Wildman–Crippen MR) is 48.6 cm³/mol. The zero-order chi connectivity index (χ0) is 9.14. The van der Waals surface area contributed by atoms with Crippen molar-refractivity contribution >= 4 is 27.5 Å². The molecule has 0 fully saturated rings. The first-order valence-corrected chi connectivity index (χ1v) is 4.15. The van der Waals surface area contributed by atoms with E-state index in [2.05, 4.69) is 15.9 Å². The summed E-state index contributed by atoms with van der Waals surface area (Å²) in [4.78, 5) is 0. The van der Waals surface area contributed by atoms with Gasteiger partial charge in [-0.1, -0.05) is 27.5 Å². The highest BCUT2D eigenvalue weighted by molar-refractivity contribution is 9.10. The molecule has 1 rings (SSSR count). The van der Waals surface area contributed by atoms with Gasteiger partial charge >= 0.3 is 0 Å². The second-order valence-electron chi connectivity index (χ2n) is 2.03. The quantitative estimate of drug-likeness (QED) is 0.701. The Hall–Kier alpha value is -1.03. The normalized spacial score (nSPS) is 8.67. The fraction of sp³-hybridized carbons (Fsp3) is 0. The van der Waals surface area contributed by atoms with Crippen LogP contribution in [-0.4, -0.2) is 0 Å². The Morgan fingerprint density at radius 3 is 2.42 bits per heavy atom. The maximum atomic E-state index is 8.62. The van der Waals surface area contributed by atoms with E-state index in [-0.39, 0.29) is 11.1 Å². The minimum absolute atomic E-state index is 0.224. The van der Waals surface area contributed by atoms with Gasteiger partial charge in [0.2, 0.25) is 0 Å². The summed E-state index contributed by atoms with van der Waals surface area (Å²) in [5.74, 6) is 0. The van der Waals surface area contributed by atoms with E-state index in [0.717, 1.165) is 0 Å². The summed E-state index contributed by atoms with van der Waals surface area (Å²) in [6, 6.07) is 6.90. The van der Waals surface area contributed by atoms with Gasteiger partial charge in [0.05, 0.1) is 16.1 Å². The van der Waals surface area contributed by atoms with E-state index in [1.54, 1.807) is 12.1 Å². The Labute approximate surface area is 83.1 Å². The molecule has 12 heavy (non-hydrogen) atoms. The Bertz CT molecular complexity index is 401. The van der Waals surface area contributed by atoms with Gasteiger partial charge in [-0.2, -0.15) is 10.5 Å². The van der Waals surface area contributed by atoms with Crippen molar-refractivity contribution < 1.29 is 0 Å². The Balaban J connectivity index is 3.50. The van der Waals surface area contributed by atoms with Gasteiger partial charge in [0.15, 0.2) is 0 Å². The molecule has 2 nitrogen and oxygen atoms in total. The summed E-state index contributed by atoms with van der Waals surface area (Å²) in [7, 11) is 0. The average Bonchev–Trinajstić information content (AvgIpc) is 2.03. The molecule has 1 aromatic carbocycles. The van der Waals surface area contributed by atoms with Crippen LogP contribution in [0.15, 0.2) is 16.6 Å². The third-order valence-electron chi connectivity index (χ3n) is 1.29. The van der Waals surface area contributed by atoms with Crippen molar-refractivity contribution in [3.8, 4) is 12.1 Å². The summed E-state index contributed by atoms with van der Waals surface area (Å²) in [5.41, 5.74) is 0.513. The zero-order valence-corrected chi connectivity index (χ0v) is 8.15. The fourth-order valence-corrected chi connectivity index (χ4v) is 1.63. The second-order valence-corrected chi connectivity index (χ2v) is 3.36. The lowest BCUT2D eigenvalue weighted by atomic mass is 10.1. The van der Waals surface area contributed by atoms with E-state index in [4.69, 9.17) is 22.1 Å². The molecule has 0 amide bonds. The first-order valence-electron chi connectivity index (χ1n) is 2.98. The summed E-state index contributed by atoms with van der Waals surface area (Å²) < 4.78 is 0.697. The highest BCUT2D eigenvalue weighted by atomic mass is 79.9. The van der Waals surface area contributed by atoms with Crippen LogP contribution in [0.2, 0.25) is 5.02 Å². The van der Waals surface area contributed by atoms with E-state index in [1.165, 1.54) is 0 Å². The third kappa shape index (κ3) is 1.58. The molecule has 0 spiro atoms. The molecule has 0 saturated heterocycles. The molecule has 0 radical (unpaired) electrons. The van der Waals surface area contributed by atoms with E-state index in [1.807, 2.05) is 12.1 Å². The fourth-order valence-electron chi connectivity index (χ4n) is 0.775. The number of hydrogen-bond donors (Lipinski definition) is 0. The Kier molecular flexibility index (Phi) is 2.70. The molecule has 0 bridgehead atoms. The summed E-state index contributed by atoms with van der Waals surface area (Å²) in [6.45, 7) is 0. The van der Waals surface area contributed by atoms with Crippen LogP contribution in [0.5, 0.6) is 0 Å². The molecular weight excluding hydrogens is 239 g/mol. The summed E-state index contributed by atoms with van der Waals surface area (Å²) in [6.07, 6.45) is 0. The molecule has 0 atom stereocenters. The van der Waals surface area contributed by atoms with Crippen LogP contribution < -0.4 is 0 Å². The van der Waals surface area contributed by atoms with Gasteiger partial charge in [-0.25, -0.2) is 0 Å². The highest BCUT2D eigenvalue weighted by Gasteiger charge is 2.07. The number of benzene rings is 1. The highest BCUT2D eigenvalue weighted by Crippen LogP contribution is 2.24. The smallest absolute Gasteiger partial charge is 0.102 e. The van der Waals surface area contributed by atoms with Crippen molar-refractivity contribution in [3.63, 3.8) is 0 Å². The van der Waals surface area contributed by atoms with Crippen LogP contribution in [0, 0.1) is 22.7 Å². The van der Waals surface area contributed by atoms with Crippen molar-refractivity contribution in [2.75, 3.05) is 0 Å². The standard InChI is InChI=1S/C8H2BrClN2/c9-6-1-5(3-11)7(4-12)8(10)2-6/h1-2H. The number of rotatable bonds is 0. The Morgan fingerprint density at radius 2 is 1.92 bits per heavy atom. The van der Waals surface area contributed by atoms with Gasteiger partial charge in [-0.3, -0.25) is 0 Å². The minimum atomic E-state index is 0.224. The van der Waals surface area contributed by atoms with Crippen LogP contribution in [0.3, 0.4) is 0 Å². The van der Waals surface area contributed by atoms with Gasteiger partial charge in [0.1, 0.15) is 12.1 Å². The summed E-state index contributed by atoms with van der Waals surface area (Å²) in [5, 5.41) is 17.5. The molecule has 0 heterocycles. The largest absolute Gasteiger partial charge is 0.192 e. The van der Waals surface area contributed by atoms with Crippen LogP contribution in [-0.2, 0) is 0 Å². The number of nitriles is 2. The molecule has 0 aromatic heterocycles. The van der Waals surface area contributed by atoms with Crippen molar-refractivity contribution in [3.05, 3.63) is 32.8 Å². The predicted octanol–water partition coefficient (Wildman–Crippen LogP) is 2.85. The molecule has 0 aliphatic carbocycles. The average molecular weight is 241 g/mol. The van der Waals surface area contributed by atoms with Gasteiger partial charge in [0, 0.05) is 4.47 Å². The van der Waals surface area contributed by atoms with Gasteiger partial charge in [-0.05, 0) is 12.1 Å². The van der Waals surface area contributed by atoms with E-state index in [0.29, 0.717) is 9.50 Å². The lowest BCUT2D eigenvalue weighted by molar-refractivity contribution is 1.42. The van der Waals surface area contributed by atoms with E-state index < -0.39 is 0 Å². The molecular formula is C8H2BrClN2. The van der Waals surface area contributed by atoms with Gasteiger partial charge in [0.25, 0.3) is 0 Å². The molecule has 1 aromatic rings. The minimum Gasteiger partial charge on any atom is -0.192 e. The summed E-state index contributed by atoms with van der Waals surface area (Å²) >= 11 is 8.88. The number of nitrogens with zero attached hydrogens (tertiary/aromatic N) is 2. The van der Waals surface area contributed by atoms with Crippen LogP contribution >= 0.6 is 27.5 Å². The van der Waals surface area contributed by atoms with E-state index >= 15 is 0 Å².